The number of rotatable bonds is 6. The predicted molar refractivity (Wildman–Crippen MR) is 149 cm³/mol. The molecular formula is C32H34N2O4. The summed E-state index contributed by atoms with van der Waals surface area (Å²) in [5.74, 6) is 0.907. The van der Waals surface area contributed by atoms with E-state index >= 15 is 0 Å². The lowest BCUT2D eigenvalue weighted by molar-refractivity contribution is 0.100. The molecule has 1 aliphatic heterocycles. The summed E-state index contributed by atoms with van der Waals surface area (Å²) in [5.41, 5.74) is 12.8. The first-order valence-electron chi connectivity index (χ1n) is 13.7. The lowest BCUT2D eigenvalue weighted by Gasteiger charge is -2.26. The van der Waals surface area contributed by atoms with Crippen molar-refractivity contribution < 1.29 is 19.7 Å². The van der Waals surface area contributed by atoms with Crippen LogP contribution in [-0.2, 0) is 13.0 Å². The molecule has 2 heterocycles. The van der Waals surface area contributed by atoms with Gasteiger partial charge in [0.25, 0.3) is 0 Å². The number of ether oxygens (including phenoxy) is 1. The molecule has 0 spiro atoms. The molecule has 3 aromatic carbocycles. The fourth-order valence-electron chi connectivity index (χ4n) is 6.53. The summed E-state index contributed by atoms with van der Waals surface area (Å²) >= 11 is 0. The Morgan fingerprint density at radius 1 is 1.05 bits per heavy atom. The number of benzene rings is 3. The molecule has 38 heavy (non-hydrogen) atoms. The van der Waals surface area contributed by atoms with Crippen molar-refractivity contribution >= 4 is 16.8 Å². The molecule has 1 aliphatic carbocycles. The SMILES string of the molecule is NC(=O)c1ccc2c(C3CCCCC3)c3n(c2c1)CCOc1cccc([C@@H](CO)Cc2ccc(O)cc2)c1-3. The Labute approximate surface area is 222 Å². The molecule has 1 amide bonds. The van der Waals surface area contributed by atoms with Gasteiger partial charge in [0, 0.05) is 27.9 Å². The monoisotopic (exact) mass is 510 g/mol. The quantitative estimate of drug-likeness (QED) is 0.302. The van der Waals surface area contributed by atoms with Gasteiger partial charge in [0.1, 0.15) is 18.1 Å². The van der Waals surface area contributed by atoms with Crippen LogP contribution in [0.4, 0.5) is 0 Å². The number of nitrogens with two attached hydrogens (primary N) is 1. The van der Waals surface area contributed by atoms with Crippen molar-refractivity contribution in [3.63, 3.8) is 0 Å². The van der Waals surface area contributed by atoms with Crippen LogP contribution in [-0.4, -0.2) is 33.9 Å². The Balaban J connectivity index is 1.59. The average molecular weight is 511 g/mol. The Bertz CT molecular complexity index is 1480. The van der Waals surface area contributed by atoms with E-state index in [1.54, 1.807) is 12.1 Å². The van der Waals surface area contributed by atoms with E-state index in [1.807, 2.05) is 36.4 Å². The van der Waals surface area contributed by atoms with Crippen LogP contribution >= 0.6 is 0 Å². The molecular weight excluding hydrogens is 476 g/mol. The first-order valence-corrected chi connectivity index (χ1v) is 13.7. The summed E-state index contributed by atoms with van der Waals surface area (Å²) in [4.78, 5) is 12.1. The molecule has 4 N–H and O–H groups in total. The van der Waals surface area contributed by atoms with Crippen molar-refractivity contribution in [1.82, 2.24) is 4.57 Å². The van der Waals surface area contributed by atoms with Crippen molar-refractivity contribution in [1.29, 1.82) is 0 Å². The Kier molecular flexibility index (Phi) is 6.58. The lowest BCUT2D eigenvalue weighted by Crippen LogP contribution is -2.12. The van der Waals surface area contributed by atoms with E-state index in [-0.39, 0.29) is 18.3 Å². The van der Waals surface area contributed by atoms with Gasteiger partial charge in [0.05, 0.1) is 18.8 Å². The Hall–Kier alpha value is -3.77. The van der Waals surface area contributed by atoms with E-state index in [9.17, 15) is 15.0 Å². The van der Waals surface area contributed by atoms with Gasteiger partial charge < -0.3 is 25.3 Å². The van der Waals surface area contributed by atoms with Crippen LogP contribution in [0.3, 0.4) is 0 Å². The zero-order valence-corrected chi connectivity index (χ0v) is 21.5. The Morgan fingerprint density at radius 3 is 2.58 bits per heavy atom. The highest BCUT2D eigenvalue weighted by Crippen LogP contribution is 2.49. The van der Waals surface area contributed by atoms with Gasteiger partial charge in [-0.1, -0.05) is 49.6 Å². The number of carbonyl (C=O) groups excluding carboxylic acids is 1. The molecule has 2 aliphatic rings. The number of phenols is 1. The number of aliphatic hydroxyl groups is 1. The molecule has 4 aromatic rings. The van der Waals surface area contributed by atoms with E-state index in [1.165, 1.54) is 30.2 Å². The van der Waals surface area contributed by atoms with Gasteiger partial charge in [-0.2, -0.15) is 0 Å². The first-order chi connectivity index (χ1) is 18.5. The standard InChI is InChI=1S/C32H34N2O4/c33-32(37)22-11-14-26-27(18-22)34-15-16-38-28-8-4-7-25(23(19-35)17-20-9-12-24(36)13-10-20)30(28)31(34)29(26)21-5-2-1-3-6-21/h4,7-14,18,21,23,35-36H,1-3,5-6,15-17,19H2,(H2,33,37)/t23-/m1/s1. The van der Waals surface area contributed by atoms with Crippen LogP contribution in [0, 0.1) is 0 Å². The summed E-state index contributed by atoms with van der Waals surface area (Å²) in [6.45, 7) is 1.17. The molecule has 1 fully saturated rings. The van der Waals surface area contributed by atoms with E-state index < -0.39 is 5.91 Å². The molecule has 0 unspecified atom stereocenters. The summed E-state index contributed by atoms with van der Waals surface area (Å²) < 4.78 is 8.65. The molecule has 0 bridgehead atoms. The molecule has 1 saturated carbocycles. The van der Waals surface area contributed by atoms with Crippen LogP contribution in [0.25, 0.3) is 22.2 Å². The number of nitrogens with zero attached hydrogens (tertiary/aromatic N) is 1. The third kappa shape index (κ3) is 4.33. The largest absolute Gasteiger partial charge is 0.508 e. The zero-order valence-electron chi connectivity index (χ0n) is 21.5. The number of carbonyl (C=O) groups is 1. The van der Waals surface area contributed by atoms with Gasteiger partial charge >= 0.3 is 0 Å². The molecule has 1 aromatic heterocycles. The van der Waals surface area contributed by atoms with E-state index in [0.717, 1.165) is 46.5 Å². The number of fused-ring (bicyclic) bond motifs is 5. The fraction of sp³-hybridized carbons (Fsp3) is 0.344. The zero-order chi connectivity index (χ0) is 26.2. The number of hydrogen-bond donors (Lipinski definition) is 3. The minimum absolute atomic E-state index is 0.0118. The average Bonchev–Trinajstić information content (AvgIpc) is 3.13. The van der Waals surface area contributed by atoms with Gasteiger partial charge in [-0.25, -0.2) is 0 Å². The molecule has 6 heteroatoms. The predicted octanol–water partition coefficient (Wildman–Crippen LogP) is 5.87. The number of amides is 1. The van der Waals surface area contributed by atoms with Crippen molar-refractivity contribution in [3.05, 3.63) is 82.9 Å². The number of aromatic nitrogens is 1. The van der Waals surface area contributed by atoms with Gasteiger partial charge in [0.15, 0.2) is 0 Å². The highest BCUT2D eigenvalue weighted by Gasteiger charge is 2.32. The highest BCUT2D eigenvalue weighted by atomic mass is 16.5. The van der Waals surface area contributed by atoms with Gasteiger partial charge in [-0.15, -0.1) is 0 Å². The third-order valence-corrected chi connectivity index (χ3v) is 8.35. The maximum absolute atomic E-state index is 12.1. The van der Waals surface area contributed by atoms with Crippen molar-refractivity contribution in [2.24, 2.45) is 5.73 Å². The second kappa shape index (κ2) is 10.2. The maximum Gasteiger partial charge on any atom is 0.248 e. The minimum atomic E-state index is -0.429. The number of aliphatic hydroxyl groups excluding tert-OH is 1. The van der Waals surface area contributed by atoms with Crippen LogP contribution < -0.4 is 10.5 Å². The third-order valence-electron chi connectivity index (χ3n) is 8.35. The van der Waals surface area contributed by atoms with Crippen LogP contribution in [0.2, 0.25) is 0 Å². The van der Waals surface area contributed by atoms with E-state index in [4.69, 9.17) is 10.5 Å². The fourth-order valence-corrected chi connectivity index (χ4v) is 6.53. The molecule has 0 saturated heterocycles. The summed E-state index contributed by atoms with van der Waals surface area (Å²) in [6, 6.07) is 19.2. The second-order valence-electron chi connectivity index (χ2n) is 10.7. The lowest BCUT2D eigenvalue weighted by atomic mass is 9.80. The van der Waals surface area contributed by atoms with Crippen LogP contribution in [0.5, 0.6) is 11.5 Å². The van der Waals surface area contributed by atoms with Gasteiger partial charge in [0.2, 0.25) is 5.91 Å². The van der Waals surface area contributed by atoms with Crippen molar-refractivity contribution in [2.45, 2.75) is 56.9 Å². The molecule has 6 nitrogen and oxygen atoms in total. The van der Waals surface area contributed by atoms with E-state index in [0.29, 0.717) is 31.1 Å². The molecule has 1 atom stereocenters. The minimum Gasteiger partial charge on any atom is -0.508 e. The summed E-state index contributed by atoms with van der Waals surface area (Å²) in [7, 11) is 0. The Morgan fingerprint density at radius 2 is 1.84 bits per heavy atom. The number of hydrogen-bond acceptors (Lipinski definition) is 4. The smallest absolute Gasteiger partial charge is 0.248 e. The van der Waals surface area contributed by atoms with Gasteiger partial charge in [-0.3, -0.25) is 4.79 Å². The van der Waals surface area contributed by atoms with Crippen molar-refractivity contribution in [2.75, 3.05) is 13.2 Å². The number of phenolic OH excluding ortho intramolecular Hbond substituents is 1. The topological polar surface area (TPSA) is 97.7 Å². The maximum atomic E-state index is 12.1. The highest BCUT2D eigenvalue weighted by molar-refractivity contribution is 6.00. The molecule has 6 rings (SSSR count). The number of aromatic hydroxyl groups is 1. The van der Waals surface area contributed by atoms with Crippen molar-refractivity contribution in [3.8, 4) is 22.8 Å². The normalized spacial score (nSPS) is 16.3. The summed E-state index contributed by atoms with van der Waals surface area (Å²) in [6.07, 6.45) is 6.60. The van der Waals surface area contributed by atoms with E-state index in [2.05, 4.69) is 16.7 Å². The van der Waals surface area contributed by atoms with Gasteiger partial charge in [-0.05, 0) is 72.2 Å². The summed E-state index contributed by atoms with van der Waals surface area (Å²) in [5, 5.41) is 21.5. The molecule has 196 valence electrons. The van der Waals surface area contributed by atoms with Crippen LogP contribution in [0.15, 0.2) is 60.7 Å². The van der Waals surface area contributed by atoms with Crippen LogP contribution in [0.1, 0.15) is 71.0 Å². The first kappa shape index (κ1) is 24.6. The molecule has 0 radical (unpaired) electrons. The number of primary amides is 1. The second-order valence-corrected chi connectivity index (χ2v) is 10.7.